The number of aromatic nitrogens is 2. The highest BCUT2D eigenvalue weighted by atomic mass is 32.1. The summed E-state index contributed by atoms with van der Waals surface area (Å²) in [4.78, 5) is 5.94. The number of nitrogens with two attached hydrogens (primary N) is 1. The van der Waals surface area contributed by atoms with Crippen molar-refractivity contribution in [3.8, 4) is 22.2 Å². The number of rotatable bonds is 4. The minimum absolute atomic E-state index is 0.280. The molecule has 0 bridgehead atoms. The van der Waals surface area contributed by atoms with Crippen LogP contribution >= 0.6 is 11.3 Å². The summed E-state index contributed by atoms with van der Waals surface area (Å²) in [5.41, 5.74) is 7.67. The summed E-state index contributed by atoms with van der Waals surface area (Å²) < 4.78 is 13.1. The Morgan fingerprint density at radius 3 is 2.90 bits per heavy atom. The maximum atomic E-state index is 5.67. The highest BCUT2D eigenvalue weighted by Crippen LogP contribution is 2.38. The third-order valence-corrected chi connectivity index (χ3v) is 4.44. The number of fused-ring (bicyclic) bond motifs is 2. The van der Waals surface area contributed by atoms with Crippen molar-refractivity contribution in [3.05, 3.63) is 29.6 Å². The summed E-state index contributed by atoms with van der Waals surface area (Å²) >= 11 is 1.69. The van der Waals surface area contributed by atoms with Crippen LogP contribution in [0.1, 0.15) is 6.42 Å². The summed E-state index contributed by atoms with van der Waals surface area (Å²) in [5, 5.41) is 2.06. The van der Waals surface area contributed by atoms with E-state index in [2.05, 4.69) is 16.0 Å². The number of hydrogen-bond donors (Lipinski definition) is 1. The Morgan fingerprint density at radius 1 is 1.29 bits per heavy atom. The molecule has 0 fully saturated rings. The first kappa shape index (κ1) is 12.7. The molecular formula is C15H15N3O2S. The molecule has 108 valence electrons. The van der Waals surface area contributed by atoms with Gasteiger partial charge in [0.15, 0.2) is 17.3 Å². The van der Waals surface area contributed by atoms with Crippen LogP contribution < -0.4 is 15.2 Å². The molecule has 2 aromatic heterocycles. The van der Waals surface area contributed by atoms with E-state index in [0.717, 1.165) is 46.2 Å². The summed E-state index contributed by atoms with van der Waals surface area (Å²) in [6.45, 7) is 1.79. The Hall–Kier alpha value is -2.05. The number of benzene rings is 1. The molecule has 0 saturated carbocycles. The fourth-order valence-corrected chi connectivity index (χ4v) is 3.31. The monoisotopic (exact) mass is 301 g/mol. The van der Waals surface area contributed by atoms with Crippen molar-refractivity contribution in [2.45, 2.75) is 13.0 Å². The molecule has 1 aliphatic rings. The molecule has 21 heavy (non-hydrogen) atoms. The standard InChI is InChI=1S/C15H15N3O2S/c16-4-2-5-18-11-8-13-12(19-9-20-13)7-10(11)17-15(18)14-3-1-6-21-14/h1,3,6-8H,2,4-5,9,16H2. The van der Waals surface area contributed by atoms with Crippen LogP contribution in [0.4, 0.5) is 0 Å². The topological polar surface area (TPSA) is 62.3 Å². The Morgan fingerprint density at radius 2 is 2.14 bits per heavy atom. The summed E-state index contributed by atoms with van der Waals surface area (Å²) in [7, 11) is 0. The van der Waals surface area contributed by atoms with Gasteiger partial charge in [0.25, 0.3) is 0 Å². The van der Waals surface area contributed by atoms with E-state index in [1.807, 2.05) is 18.2 Å². The van der Waals surface area contributed by atoms with Crippen molar-refractivity contribution < 1.29 is 9.47 Å². The van der Waals surface area contributed by atoms with E-state index < -0.39 is 0 Å². The number of imidazole rings is 1. The predicted octanol–water partition coefficient (Wildman–Crippen LogP) is 2.84. The molecule has 0 saturated heterocycles. The molecule has 1 aromatic carbocycles. The number of thiophene rings is 1. The molecule has 2 N–H and O–H groups in total. The second-order valence-corrected chi connectivity index (χ2v) is 5.85. The number of aryl methyl sites for hydroxylation is 1. The number of ether oxygens (including phenoxy) is 2. The number of hydrogen-bond acceptors (Lipinski definition) is 5. The van der Waals surface area contributed by atoms with Gasteiger partial charge in [-0.15, -0.1) is 11.3 Å². The van der Waals surface area contributed by atoms with Gasteiger partial charge in [0.2, 0.25) is 6.79 Å². The molecule has 3 heterocycles. The second-order valence-electron chi connectivity index (χ2n) is 4.90. The normalized spacial score (nSPS) is 13.2. The van der Waals surface area contributed by atoms with Gasteiger partial charge in [-0.1, -0.05) is 6.07 Å². The zero-order valence-electron chi connectivity index (χ0n) is 11.4. The zero-order valence-corrected chi connectivity index (χ0v) is 12.2. The van der Waals surface area contributed by atoms with Crippen molar-refractivity contribution in [3.63, 3.8) is 0 Å². The zero-order chi connectivity index (χ0) is 14.2. The molecule has 0 radical (unpaired) electrons. The fourth-order valence-electron chi connectivity index (χ4n) is 2.58. The van der Waals surface area contributed by atoms with Crippen molar-refractivity contribution in [1.29, 1.82) is 0 Å². The first-order valence-corrected chi connectivity index (χ1v) is 7.78. The van der Waals surface area contributed by atoms with Crippen LogP contribution in [0.2, 0.25) is 0 Å². The fraction of sp³-hybridized carbons (Fsp3) is 0.267. The van der Waals surface area contributed by atoms with Crippen molar-refractivity contribution in [2.75, 3.05) is 13.3 Å². The van der Waals surface area contributed by atoms with Gasteiger partial charge < -0.3 is 19.8 Å². The molecule has 0 unspecified atom stereocenters. The minimum Gasteiger partial charge on any atom is -0.454 e. The van der Waals surface area contributed by atoms with Crippen LogP contribution in [0, 0.1) is 0 Å². The minimum atomic E-state index is 0.280. The van der Waals surface area contributed by atoms with Gasteiger partial charge in [-0.25, -0.2) is 4.98 Å². The molecule has 0 spiro atoms. The van der Waals surface area contributed by atoms with Crippen LogP contribution in [0.15, 0.2) is 29.6 Å². The molecule has 5 nitrogen and oxygen atoms in total. The van der Waals surface area contributed by atoms with Crippen LogP contribution in [-0.4, -0.2) is 22.9 Å². The Balaban J connectivity index is 1.92. The van der Waals surface area contributed by atoms with Crippen molar-refractivity contribution >= 4 is 22.4 Å². The summed E-state index contributed by atoms with van der Waals surface area (Å²) in [6.07, 6.45) is 0.915. The number of nitrogens with zero attached hydrogens (tertiary/aromatic N) is 2. The second kappa shape index (κ2) is 5.05. The molecule has 0 aliphatic carbocycles. The van der Waals surface area contributed by atoms with Crippen LogP contribution in [-0.2, 0) is 6.54 Å². The van der Waals surface area contributed by atoms with Gasteiger partial charge in [-0.05, 0) is 24.4 Å². The Labute approximate surface area is 125 Å². The van der Waals surface area contributed by atoms with Gasteiger partial charge in [0.05, 0.1) is 15.9 Å². The average Bonchev–Trinajstić information content (AvgIpc) is 3.21. The maximum Gasteiger partial charge on any atom is 0.231 e. The average molecular weight is 301 g/mol. The van der Waals surface area contributed by atoms with Crippen molar-refractivity contribution in [1.82, 2.24) is 9.55 Å². The Bertz CT molecular complexity index is 780. The van der Waals surface area contributed by atoms with Gasteiger partial charge in [0, 0.05) is 18.7 Å². The molecule has 0 atom stereocenters. The molecule has 4 rings (SSSR count). The van der Waals surface area contributed by atoms with Crippen LogP contribution in [0.3, 0.4) is 0 Å². The Kier molecular flexibility index (Phi) is 3.05. The third kappa shape index (κ3) is 2.07. The van der Waals surface area contributed by atoms with E-state index in [9.17, 15) is 0 Å². The maximum absolute atomic E-state index is 5.67. The summed E-state index contributed by atoms with van der Waals surface area (Å²) in [5.74, 6) is 2.54. The molecular weight excluding hydrogens is 286 g/mol. The van der Waals surface area contributed by atoms with Gasteiger partial charge in [-0.2, -0.15) is 0 Å². The van der Waals surface area contributed by atoms with Gasteiger partial charge in [0.1, 0.15) is 0 Å². The smallest absolute Gasteiger partial charge is 0.231 e. The molecule has 6 heteroatoms. The first-order valence-electron chi connectivity index (χ1n) is 6.90. The molecule has 0 amide bonds. The highest BCUT2D eigenvalue weighted by molar-refractivity contribution is 7.13. The summed E-state index contributed by atoms with van der Waals surface area (Å²) in [6, 6.07) is 8.09. The van der Waals surface area contributed by atoms with Crippen LogP contribution in [0.5, 0.6) is 11.5 Å². The van der Waals surface area contributed by atoms with E-state index in [0.29, 0.717) is 6.54 Å². The quantitative estimate of drug-likeness (QED) is 0.805. The lowest BCUT2D eigenvalue weighted by Crippen LogP contribution is -2.06. The lowest BCUT2D eigenvalue weighted by atomic mass is 10.2. The lowest BCUT2D eigenvalue weighted by Gasteiger charge is -2.07. The van der Waals surface area contributed by atoms with E-state index in [1.54, 1.807) is 11.3 Å². The SMILES string of the molecule is NCCCn1c(-c2cccs2)nc2cc3c(cc21)OCO3. The van der Waals surface area contributed by atoms with Crippen LogP contribution in [0.25, 0.3) is 21.7 Å². The van der Waals surface area contributed by atoms with Crippen molar-refractivity contribution in [2.24, 2.45) is 5.73 Å². The van der Waals surface area contributed by atoms with E-state index >= 15 is 0 Å². The molecule has 1 aliphatic heterocycles. The highest BCUT2D eigenvalue weighted by Gasteiger charge is 2.19. The van der Waals surface area contributed by atoms with E-state index in [1.165, 1.54) is 0 Å². The third-order valence-electron chi connectivity index (χ3n) is 3.57. The van der Waals surface area contributed by atoms with Gasteiger partial charge in [-0.3, -0.25) is 0 Å². The first-order chi connectivity index (χ1) is 10.4. The predicted molar refractivity (Wildman–Crippen MR) is 82.8 cm³/mol. The van der Waals surface area contributed by atoms with E-state index in [-0.39, 0.29) is 6.79 Å². The van der Waals surface area contributed by atoms with Gasteiger partial charge >= 0.3 is 0 Å². The molecule has 3 aromatic rings. The lowest BCUT2D eigenvalue weighted by molar-refractivity contribution is 0.174. The van der Waals surface area contributed by atoms with E-state index in [4.69, 9.17) is 20.2 Å². The largest absolute Gasteiger partial charge is 0.454 e.